The van der Waals surface area contributed by atoms with Crippen molar-refractivity contribution in [3.63, 3.8) is 0 Å². The van der Waals surface area contributed by atoms with Crippen LogP contribution < -0.4 is 5.32 Å². The van der Waals surface area contributed by atoms with Crippen LogP contribution in [0.3, 0.4) is 0 Å². The molecule has 0 aromatic heterocycles. The highest BCUT2D eigenvalue weighted by Crippen LogP contribution is 2.23. The van der Waals surface area contributed by atoms with Crippen LogP contribution in [-0.4, -0.2) is 5.91 Å². The molecule has 0 unspecified atom stereocenters. The summed E-state index contributed by atoms with van der Waals surface area (Å²) in [5.74, 6) is -0.0861. The Morgan fingerprint density at radius 1 is 1.05 bits per heavy atom. The van der Waals surface area contributed by atoms with Crippen molar-refractivity contribution in [3.05, 3.63) is 64.2 Å². The van der Waals surface area contributed by atoms with Gasteiger partial charge in [0.1, 0.15) is 0 Å². The van der Waals surface area contributed by atoms with Gasteiger partial charge >= 0.3 is 0 Å². The number of benzene rings is 2. The molecule has 0 bridgehead atoms. The summed E-state index contributed by atoms with van der Waals surface area (Å²) in [7, 11) is 0. The zero-order valence-corrected chi connectivity index (χ0v) is 11.2. The van der Waals surface area contributed by atoms with Gasteiger partial charge in [0.25, 0.3) is 5.91 Å². The van der Waals surface area contributed by atoms with Gasteiger partial charge in [-0.15, -0.1) is 0 Å². The van der Waals surface area contributed by atoms with Crippen LogP contribution in [0.5, 0.6) is 0 Å². The van der Waals surface area contributed by atoms with Gasteiger partial charge < -0.3 is 5.32 Å². The topological polar surface area (TPSA) is 29.1 Å². The van der Waals surface area contributed by atoms with E-state index in [-0.39, 0.29) is 5.91 Å². The molecule has 0 atom stereocenters. The Morgan fingerprint density at radius 3 is 2.74 bits per heavy atom. The van der Waals surface area contributed by atoms with Crippen molar-refractivity contribution in [2.24, 2.45) is 0 Å². The van der Waals surface area contributed by atoms with Crippen LogP contribution in [0, 0.1) is 0 Å². The van der Waals surface area contributed by atoms with Crippen molar-refractivity contribution in [1.82, 2.24) is 0 Å². The zero-order valence-electron chi connectivity index (χ0n) is 10.4. The first kappa shape index (κ1) is 12.2. The number of hydrogen-bond donors (Lipinski definition) is 1. The summed E-state index contributed by atoms with van der Waals surface area (Å²) in [6.45, 7) is 0. The van der Waals surface area contributed by atoms with Gasteiger partial charge in [-0.3, -0.25) is 4.79 Å². The number of anilines is 1. The number of amides is 1. The Kier molecular flexibility index (Phi) is 3.26. The van der Waals surface area contributed by atoms with Crippen LogP contribution in [0.4, 0.5) is 5.69 Å². The summed E-state index contributed by atoms with van der Waals surface area (Å²) in [5, 5.41) is 3.48. The number of halogens is 1. The standard InChI is InChI=1S/C16H14ClNO/c17-14-5-2-6-15(10-14)18-16(19)13-8-7-11-3-1-4-12(11)9-13/h2,5-10H,1,3-4H2,(H,18,19). The molecule has 0 radical (unpaired) electrons. The quantitative estimate of drug-likeness (QED) is 0.876. The van der Waals surface area contributed by atoms with Crippen molar-refractivity contribution in [1.29, 1.82) is 0 Å². The molecule has 1 amide bonds. The van der Waals surface area contributed by atoms with Gasteiger partial charge in [-0.2, -0.15) is 0 Å². The first-order valence-electron chi connectivity index (χ1n) is 6.41. The van der Waals surface area contributed by atoms with Gasteiger partial charge in [0.05, 0.1) is 0 Å². The maximum Gasteiger partial charge on any atom is 0.255 e. The van der Waals surface area contributed by atoms with Gasteiger partial charge in [0, 0.05) is 16.3 Å². The Hall–Kier alpha value is -1.80. The van der Waals surface area contributed by atoms with Crippen molar-refractivity contribution in [2.45, 2.75) is 19.3 Å². The Bertz CT molecular complexity index is 636. The third-order valence-corrected chi connectivity index (χ3v) is 3.68. The molecule has 2 nitrogen and oxygen atoms in total. The summed E-state index contributed by atoms with van der Waals surface area (Å²) in [4.78, 5) is 12.2. The molecule has 0 aliphatic heterocycles. The van der Waals surface area contributed by atoms with E-state index in [4.69, 9.17) is 11.6 Å². The van der Waals surface area contributed by atoms with Gasteiger partial charge in [-0.1, -0.05) is 23.7 Å². The average molecular weight is 272 g/mol. The van der Waals surface area contributed by atoms with Crippen molar-refractivity contribution < 1.29 is 4.79 Å². The Balaban J connectivity index is 1.81. The highest BCUT2D eigenvalue weighted by atomic mass is 35.5. The Labute approximate surface area is 117 Å². The molecular weight excluding hydrogens is 258 g/mol. The minimum Gasteiger partial charge on any atom is -0.322 e. The second-order valence-corrected chi connectivity index (χ2v) is 5.24. The first-order chi connectivity index (χ1) is 9.22. The Morgan fingerprint density at radius 2 is 1.89 bits per heavy atom. The molecular formula is C16H14ClNO. The number of hydrogen-bond acceptors (Lipinski definition) is 1. The number of carbonyl (C=O) groups is 1. The number of aryl methyl sites for hydroxylation is 2. The van der Waals surface area contributed by atoms with E-state index in [0.717, 1.165) is 18.5 Å². The van der Waals surface area contributed by atoms with Gasteiger partial charge in [-0.25, -0.2) is 0 Å². The van der Waals surface area contributed by atoms with Crippen LogP contribution in [0.25, 0.3) is 0 Å². The normalized spacial score (nSPS) is 13.1. The molecule has 1 N–H and O–H groups in total. The zero-order chi connectivity index (χ0) is 13.2. The summed E-state index contributed by atoms with van der Waals surface area (Å²) >= 11 is 5.90. The fraction of sp³-hybridized carbons (Fsp3) is 0.188. The molecule has 0 fully saturated rings. The predicted octanol–water partition coefficient (Wildman–Crippen LogP) is 4.08. The molecule has 96 valence electrons. The third kappa shape index (κ3) is 2.64. The maximum absolute atomic E-state index is 12.2. The molecule has 1 aliphatic rings. The molecule has 0 heterocycles. The number of carbonyl (C=O) groups excluding carboxylic acids is 1. The summed E-state index contributed by atoms with van der Waals surface area (Å²) in [5.41, 5.74) is 4.11. The predicted molar refractivity (Wildman–Crippen MR) is 77.9 cm³/mol. The smallest absolute Gasteiger partial charge is 0.255 e. The summed E-state index contributed by atoms with van der Waals surface area (Å²) < 4.78 is 0. The van der Waals surface area contributed by atoms with Crippen LogP contribution in [-0.2, 0) is 12.8 Å². The van der Waals surface area contributed by atoms with Crippen LogP contribution in [0.1, 0.15) is 27.9 Å². The highest BCUT2D eigenvalue weighted by molar-refractivity contribution is 6.30. The molecule has 0 saturated carbocycles. The lowest BCUT2D eigenvalue weighted by Crippen LogP contribution is -2.12. The number of nitrogens with one attached hydrogen (secondary N) is 1. The molecule has 2 aromatic carbocycles. The van der Waals surface area contributed by atoms with Gasteiger partial charge in [-0.05, 0) is 60.7 Å². The van der Waals surface area contributed by atoms with Gasteiger partial charge in [0.15, 0.2) is 0 Å². The van der Waals surface area contributed by atoms with E-state index >= 15 is 0 Å². The van der Waals surface area contributed by atoms with Crippen molar-refractivity contribution >= 4 is 23.2 Å². The first-order valence-corrected chi connectivity index (χ1v) is 6.79. The van der Waals surface area contributed by atoms with Crippen molar-refractivity contribution in [3.8, 4) is 0 Å². The van der Waals surface area contributed by atoms with E-state index in [1.165, 1.54) is 17.5 Å². The van der Waals surface area contributed by atoms with Crippen LogP contribution in [0.2, 0.25) is 5.02 Å². The average Bonchev–Trinajstić information content (AvgIpc) is 2.85. The largest absolute Gasteiger partial charge is 0.322 e. The second kappa shape index (κ2) is 5.06. The number of fused-ring (bicyclic) bond motifs is 1. The lowest BCUT2D eigenvalue weighted by molar-refractivity contribution is 0.102. The molecule has 3 rings (SSSR count). The molecule has 1 aliphatic carbocycles. The van der Waals surface area contributed by atoms with E-state index in [1.54, 1.807) is 12.1 Å². The fourth-order valence-electron chi connectivity index (χ4n) is 2.48. The molecule has 2 aromatic rings. The SMILES string of the molecule is O=C(Nc1cccc(Cl)c1)c1ccc2c(c1)CCC2. The number of rotatable bonds is 2. The van der Waals surface area contributed by atoms with Crippen molar-refractivity contribution in [2.75, 3.05) is 5.32 Å². The van der Waals surface area contributed by atoms with Crippen LogP contribution in [0.15, 0.2) is 42.5 Å². The molecule has 0 saturated heterocycles. The van der Waals surface area contributed by atoms with E-state index in [0.29, 0.717) is 10.6 Å². The van der Waals surface area contributed by atoms with E-state index in [9.17, 15) is 4.79 Å². The lowest BCUT2D eigenvalue weighted by Gasteiger charge is -2.07. The van der Waals surface area contributed by atoms with E-state index in [2.05, 4.69) is 11.4 Å². The molecule has 3 heteroatoms. The maximum atomic E-state index is 12.2. The monoisotopic (exact) mass is 271 g/mol. The van der Waals surface area contributed by atoms with Crippen LogP contribution >= 0.6 is 11.6 Å². The third-order valence-electron chi connectivity index (χ3n) is 3.44. The minimum absolute atomic E-state index is 0.0861. The summed E-state index contributed by atoms with van der Waals surface area (Å²) in [6, 6.07) is 13.1. The minimum atomic E-state index is -0.0861. The van der Waals surface area contributed by atoms with E-state index < -0.39 is 0 Å². The summed E-state index contributed by atoms with van der Waals surface area (Å²) in [6.07, 6.45) is 3.40. The molecule has 0 spiro atoms. The second-order valence-electron chi connectivity index (χ2n) is 4.80. The van der Waals surface area contributed by atoms with Gasteiger partial charge in [0.2, 0.25) is 0 Å². The lowest BCUT2D eigenvalue weighted by atomic mass is 10.1. The fourth-order valence-corrected chi connectivity index (χ4v) is 2.67. The van der Waals surface area contributed by atoms with E-state index in [1.807, 2.05) is 24.3 Å². The molecule has 19 heavy (non-hydrogen) atoms. The highest BCUT2D eigenvalue weighted by Gasteiger charge is 2.14.